The molecule has 194 valence electrons. The van der Waals surface area contributed by atoms with Crippen molar-refractivity contribution in [3.8, 4) is 0 Å². The number of carbonyl (C=O) groups excluding carboxylic acids is 1. The average Bonchev–Trinajstić information content (AvgIpc) is 2.94. The molecule has 0 atom stereocenters. The van der Waals surface area contributed by atoms with Crippen LogP contribution < -0.4 is 4.90 Å². The number of halogens is 1. The van der Waals surface area contributed by atoms with Gasteiger partial charge in [0.05, 0.1) is 4.90 Å². The Kier molecular flexibility index (Phi) is 7.55. The summed E-state index contributed by atoms with van der Waals surface area (Å²) in [5.74, 6) is -0.240. The lowest BCUT2D eigenvalue weighted by Gasteiger charge is -2.36. The maximum absolute atomic E-state index is 13.2. The maximum atomic E-state index is 13.2. The van der Waals surface area contributed by atoms with Crippen LogP contribution in [0.15, 0.2) is 83.8 Å². The van der Waals surface area contributed by atoms with Crippen molar-refractivity contribution in [1.82, 2.24) is 14.1 Å². The van der Waals surface area contributed by atoms with Gasteiger partial charge in [0.2, 0.25) is 10.0 Å². The summed E-state index contributed by atoms with van der Waals surface area (Å²) in [6.07, 6.45) is 0. The lowest BCUT2D eigenvalue weighted by atomic mass is 10.1. The molecule has 3 aromatic rings. The van der Waals surface area contributed by atoms with Gasteiger partial charge in [-0.25, -0.2) is 12.8 Å². The van der Waals surface area contributed by atoms with Gasteiger partial charge in [-0.3, -0.25) is 9.69 Å². The van der Waals surface area contributed by atoms with Crippen molar-refractivity contribution in [2.24, 2.45) is 0 Å². The Labute approximate surface area is 217 Å². The monoisotopic (exact) mass is 522 g/mol. The number of hydrogen-bond donors (Lipinski definition) is 0. The van der Waals surface area contributed by atoms with Gasteiger partial charge in [0.1, 0.15) is 5.82 Å². The molecule has 0 unspecified atom stereocenters. The zero-order valence-corrected chi connectivity index (χ0v) is 21.5. The van der Waals surface area contributed by atoms with Crippen molar-refractivity contribution in [3.63, 3.8) is 0 Å². The summed E-state index contributed by atoms with van der Waals surface area (Å²) in [7, 11) is -3.48. The fourth-order valence-corrected chi connectivity index (χ4v) is 6.38. The van der Waals surface area contributed by atoms with E-state index in [0.29, 0.717) is 69.4 Å². The second-order valence-corrected chi connectivity index (χ2v) is 11.4. The van der Waals surface area contributed by atoms with E-state index in [1.54, 1.807) is 40.7 Å². The predicted molar refractivity (Wildman–Crippen MR) is 141 cm³/mol. The minimum Gasteiger partial charge on any atom is -0.368 e. The summed E-state index contributed by atoms with van der Waals surface area (Å²) < 4.78 is 40.5. The van der Waals surface area contributed by atoms with Crippen LogP contribution in [0.25, 0.3) is 0 Å². The van der Waals surface area contributed by atoms with Gasteiger partial charge in [0, 0.05) is 70.2 Å². The van der Waals surface area contributed by atoms with E-state index in [0.717, 1.165) is 11.3 Å². The van der Waals surface area contributed by atoms with Gasteiger partial charge in [0.15, 0.2) is 0 Å². The Balaban J connectivity index is 1.15. The van der Waals surface area contributed by atoms with E-state index in [1.165, 1.54) is 12.1 Å². The number of nitrogens with zero attached hydrogens (tertiary/aromatic N) is 4. The summed E-state index contributed by atoms with van der Waals surface area (Å²) in [5, 5.41) is 0. The van der Waals surface area contributed by atoms with Crippen molar-refractivity contribution in [1.29, 1.82) is 0 Å². The number of rotatable bonds is 6. The van der Waals surface area contributed by atoms with Crippen molar-refractivity contribution in [3.05, 3.63) is 95.8 Å². The Hall–Kier alpha value is -3.27. The molecule has 7 nitrogen and oxygen atoms in total. The first kappa shape index (κ1) is 25.4. The van der Waals surface area contributed by atoms with Gasteiger partial charge < -0.3 is 9.80 Å². The number of hydrogen-bond acceptors (Lipinski definition) is 5. The highest BCUT2D eigenvalue weighted by atomic mass is 32.2. The SMILES string of the molecule is O=C(c1cccc(CN2CCN(S(=O)(=O)c3ccccc3)CC2)c1)N1CCN(c2ccc(F)cc2)CC1. The molecule has 9 heteroatoms. The van der Waals surface area contributed by atoms with E-state index in [4.69, 9.17) is 0 Å². The van der Waals surface area contributed by atoms with E-state index in [1.807, 2.05) is 35.2 Å². The molecular formula is C28H31FN4O3S. The first-order chi connectivity index (χ1) is 17.9. The number of amides is 1. The molecule has 1 amide bonds. The fourth-order valence-electron chi connectivity index (χ4n) is 4.93. The molecule has 37 heavy (non-hydrogen) atoms. The standard InChI is InChI=1S/C28H31FN4O3S/c29-25-9-11-26(12-10-25)31-15-17-32(18-16-31)28(34)24-6-4-5-23(21-24)22-30-13-19-33(20-14-30)37(35,36)27-7-2-1-3-8-27/h1-12,21H,13-20,22H2. The topological polar surface area (TPSA) is 64.2 Å². The molecule has 0 radical (unpaired) electrons. The highest BCUT2D eigenvalue weighted by Gasteiger charge is 2.28. The summed E-state index contributed by atoms with van der Waals surface area (Å²) in [4.78, 5) is 19.8. The van der Waals surface area contributed by atoms with Crippen molar-refractivity contribution < 1.29 is 17.6 Å². The lowest BCUT2D eigenvalue weighted by Crippen LogP contribution is -2.49. The van der Waals surface area contributed by atoms with Crippen LogP contribution in [0.2, 0.25) is 0 Å². The summed E-state index contributed by atoms with van der Waals surface area (Å²) in [6.45, 7) is 5.43. The summed E-state index contributed by atoms with van der Waals surface area (Å²) in [6, 6.07) is 22.7. The smallest absolute Gasteiger partial charge is 0.253 e. The molecule has 2 aliphatic heterocycles. The van der Waals surface area contributed by atoms with E-state index >= 15 is 0 Å². The van der Waals surface area contributed by atoms with Crippen LogP contribution in [0, 0.1) is 5.82 Å². The zero-order chi connectivity index (χ0) is 25.8. The molecule has 0 spiro atoms. The third kappa shape index (κ3) is 5.84. The fraction of sp³-hybridized carbons (Fsp3) is 0.321. The molecule has 2 saturated heterocycles. The van der Waals surface area contributed by atoms with E-state index in [-0.39, 0.29) is 11.7 Å². The van der Waals surface area contributed by atoms with Crippen molar-refractivity contribution in [2.75, 3.05) is 57.3 Å². The average molecular weight is 523 g/mol. The molecular weight excluding hydrogens is 491 g/mol. The third-order valence-corrected chi connectivity index (χ3v) is 8.96. The van der Waals surface area contributed by atoms with Crippen molar-refractivity contribution >= 4 is 21.6 Å². The molecule has 2 heterocycles. The van der Waals surface area contributed by atoms with Gasteiger partial charge >= 0.3 is 0 Å². The summed E-state index contributed by atoms with van der Waals surface area (Å²) >= 11 is 0. The molecule has 0 saturated carbocycles. The number of sulfonamides is 1. The molecule has 0 aromatic heterocycles. The van der Waals surface area contributed by atoms with Crippen LogP contribution in [-0.2, 0) is 16.6 Å². The molecule has 3 aromatic carbocycles. The van der Waals surface area contributed by atoms with E-state index < -0.39 is 10.0 Å². The second kappa shape index (κ2) is 11.0. The van der Waals surface area contributed by atoms with Crippen LogP contribution in [0.3, 0.4) is 0 Å². The van der Waals surface area contributed by atoms with Gasteiger partial charge in [-0.05, 0) is 54.1 Å². The minimum atomic E-state index is -3.48. The van der Waals surface area contributed by atoms with Crippen LogP contribution in [-0.4, -0.2) is 80.8 Å². The number of piperazine rings is 2. The first-order valence-corrected chi connectivity index (χ1v) is 14.0. The van der Waals surface area contributed by atoms with Gasteiger partial charge in [-0.15, -0.1) is 0 Å². The van der Waals surface area contributed by atoms with Crippen LogP contribution in [0.4, 0.5) is 10.1 Å². The third-order valence-electron chi connectivity index (χ3n) is 7.05. The van der Waals surface area contributed by atoms with Crippen LogP contribution >= 0.6 is 0 Å². The highest BCUT2D eigenvalue weighted by Crippen LogP contribution is 2.20. The van der Waals surface area contributed by atoms with Crippen LogP contribution in [0.1, 0.15) is 15.9 Å². The lowest BCUT2D eigenvalue weighted by molar-refractivity contribution is 0.0746. The molecule has 5 rings (SSSR count). The Morgan fingerprint density at radius 3 is 2.11 bits per heavy atom. The first-order valence-electron chi connectivity index (χ1n) is 12.6. The highest BCUT2D eigenvalue weighted by molar-refractivity contribution is 7.89. The van der Waals surface area contributed by atoms with E-state index in [9.17, 15) is 17.6 Å². The second-order valence-electron chi connectivity index (χ2n) is 9.45. The largest absolute Gasteiger partial charge is 0.368 e. The summed E-state index contributed by atoms with van der Waals surface area (Å²) in [5.41, 5.74) is 2.67. The molecule has 0 N–H and O–H groups in total. The minimum absolute atomic E-state index is 0.0133. The number of benzene rings is 3. The molecule has 0 aliphatic carbocycles. The predicted octanol–water partition coefficient (Wildman–Crippen LogP) is 3.29. The van der Waals surface area contributed by atoms with Gasteiger partial charge in [0.25, 0.3) is 5.91 Å². The number of carbonyl (C=O) groups is 1. The molecule has 0 bridgehead atoms. The van der Waals surface area contributed by atoms with Gasteiger partial charge in [-0.1, -0.05) is 30.3 Å². The number of anilines is 1. The normalized spacial score (nSPS) is 17.6. The van der Waals surface area contributed by atoms with Crippen molar-refractivity contribution in [2.45, 2.75) is 11.4 Å². The quantitative estimate of drug-likeness (QED) is 0.497. The van der Waals surface area contributed by atoms with Gasteiger partial charge in [-0.2, -0.15) is 4.31 Å². The Morgan fingerprint density at radius 1 is 0.757 bits per heavy atom. The Bertz CT molecular complexity index is 1320. The van der Waals surface area contributed by atoms with Crippen LogP contribution in [0.5, 0.6) is 0 Å². The van der Waals surface area contributed by atoms with E-state index in [2.05, 4.69) is 9.80 Å². The maximum Gasteiger partial charge on any atom is 0.253 e. The zero-order valence-electron chi connectivity index (χ0n) is 20.7. The molecule has 2 aliphatic rings. The molecule has 2 fully saturated rings. The Morgan fingerprint density at radius 2 is 1.43 bits per heavy atom.